The highest BCUT2D eigenvalue weighted by Crippen LogP contribution is 1.92. The first-order valence-electron chi connectivity index (χ1n) is 2.91. The van der Waals surface area contributed by atoms with E-state index in [2.05, 4.69) is 11.3 Å². The zero-order chi connectivity index (χ0) is 9.28. The van der Waals surface area contributed by atoms with Crippen LogP contribution in [0, 0.1) is 0 Å². The van der Waals surface area contributed by atoms with E-state index in [0.29, 0.717) is 6.42 Å². The van der Waals surface area contributed by atoms with Crippen molar-refractivity contribution in [2.45, 2.75) is 19.6 Å². The van der Waals surface area contributed by atoms with Gasteiger partial charge in [-0.1, -0.05) is 13.5 Å². The number of hydrogen-bond donors (Lipinski definition) is 3. The van der Waals surface area contributed by atoms with Gasteiger partial charge in [0.15, 0.2) is 0 Å². The second-order valence-electron chi connectivity index (χ2n) is 1.50. The smallest absolute Gasteiger partial charge is 0.332 e. The van der Waals surface area contributed by atoms with Gasteiger partial charge in [0.05, 0.1) is 0 Å². The first-order chi connectivity index (χ1) is 5.20. The summed E-state index contributed by atoms with van der Waals surface area (Å²) < 4.78 is 4.35. The summed E-state index contributed by atoms with van der Waals surface area (Å²) in [5.41, 5.74) is 0. The Morgan fingerprint density at radius 2 is 2.18 bits per heavy atom. The van der Waals surface area contributed by atoms with Gasteiger partial charge in [-0.15, -0.1) is 0 Å². The number of aliphatic hydroxyl groups is 1. The van der Waals surface area contributed by atoms with Crippen LogP contribution in [0.1, 0.15) is 13.3 Å². The molecule has 0 saturated carbocycles. The van der Waals surface area contributed by atoms with Crippen molar-refractivity contribution in [3.63, 3.8) is 0 Å². The van der Waals surface area contributed by atoms with Crippen LogP contribution in [-0.2, 0) is 9.53 Å². The molecule has 0 aliphatic carbocycles. The minimum absolute atomic E-state index is 0.402. The van der Waals surface area contributed by atoms with Gasteiger partial charge in [0.25, 0.3) is 0 Å². The van der Waals surface area contributed by atoms with Crippen LogP contribution in [0.25, 0.3) is 0 Å². The van der Waals surface area contributed by atoms with Crippen LogP contribution >= 0.6 is 0 Å². The van der Waals surface area contributed by atoms with Gasteiger partial charge in [0, 0.05) is 12.5 Å². The molecule has 0 aliphatic heterocycles. The van der Waals surface area contributed by atoms with Gasteiger partial charge >= 0.3 is 5.97 Å². The van der Waals surface area contributed by atoms with Crippen molar-refractivity contribution in [2.24, 2.45) is 0 Å². The third kappa shape index (κ3) is 9.09. The summed E-state index contributed by atoms with van der Waals surface area (Å²) >= 11 is 0. The molecule has 0 spiro atoms. The molecule has 0 aromatic carbocycles. The van der Waals surface area contributed by atoms with E-state index in [1.807, 2.05) is 0 Å². The van der Waals surface area contributed by atoms with Crippen molar-refractivity contribution in [1.29, 1.82) is 0 Å². The lowest BCUT2D eigenvalue weighted by Crippen LogP contribution is -2.14. The van der Waals surface area contributed by atoms with E-state index in [0.717, 1.165) is 6.08 Å². The molecule has 0 aliphatic rings. The quantitative estimate of drug-likeness (QED) is 0.185. The Kier molecular flexibility index (Phi) is 10.5. The highest BCUT2D eigenvalue weighted by Gasteiger charge is 2.02. The molecular weight excluding hydrogens is 152 g/mol. The molecule has 1 unspecified atom stereocenters. The van der Waals surface area contributed by atoms with Gasteiger partial charge in [0.1, 0.15) is 0 Å². The molecule has 0 amide bonds. The molecule has 5 heteroatoms. The Labute approximate surface area is 64.5 Å². The summed E-state index contributed by atoms with van der Waals surface area (Å²) in [5, 5.41) is 20.7. The molecule has 0 bridgehead atoms. The zero-order valence-corrected chi connectivity index (χ0v) is 6.23. The molecule has 1 atom stereocenters. The van der Waals surface area contributed by atoms with Crippen LogP contribution in [0.4, 0.5) is 0 Å². The lowest BCUT2D eigenvalue weighted by atomic mass is 10.5. The summed E-state index contributed by atoms with van der Waals surface area (Å²) in [6.45, 7) is 4.87. The summed E-state index contributed by atoms with van der Waals surface area (Å²) in [5.74, 6) is -0.593. The number of esters is 1. The van der Waals surface area contributed by atoms with Gasteiger partial charge in [0.2, 0.25) is 6.29 Å². The molecule has 0 saturated heterocycles. The lowest BCUT2D eigenvalue weighted by Gasteiger charge is -2.05. The van der Waals surface area contributed by atoms with E-state index in [1.165, 1.54) is 0 Å². The Balaban J connectivity index is 0. The maximum Gasteiger partial charge on any atom is 0.332 e. The van der Waals surface area contributed by atoms with Crippen LogP contribution in [0.5, 0.6) is 0 Å². The third-order valence-corrected chi connectivity index (χ3v) is 0.768. The summed E-state index contributed by atoms with van der Waals surface area (Å²) in [6, 6.07) is 0. The Morgan fingerprint density at radius 1 is 1.73 bits per heavy atom. The predicted octanol–water partition coefficient (Wildman–Crippen LogP) is 0.461. The fourth-order valence-corrected chi connectivity index (χ4v) is 0.266. The number of ether oxygens (including phenoxy) is 1. The maximum absolute atomic E-state index is 10.3. The summed E-state index contributed by atoms with van der Waals surface area (Å²) in [6.07, 6.45) is 0.425. The molecular formula is C6H12O5. The van der Waals surface area contributed by atoms with E-state index in [4.69, 9.17) is 15.6 Å². The summed E-state index contributed by atoms with van der Waals surface area (Å²) in [4.78, 5) is 10.3. The Hall–Kier alpha value is -0.910. The van der Waals surface area contributed by atoms with Crippen LogP contribution in [0.15, 0.2) is 12.7 Å². The SMILES string of the molecule is C=CC(=O)OC(O)CC.OO. The molecule has 5 nitrogen and oxygen atoms in total. The van der Waals surface area contributed by atoms with Crippen LogP contribution < -0.4 is 0 Å². The number of carbonyl (C=O) groups is 1. The molecule has 0 aromatic rings. The van der Waals surface area contributed by atoms with E-state index < -0.39 is 12.3 Å². The van der Waals surface area contributed by atoms with E-state index >= 15 is 0 Å². The fourth-order valence-electron chi connectivity index (χ4n) is 0.266. The Morgan fingerprint density at radius 3 is 2.45 bits per heavy atom. The van der Waals surface area contributed by atoms with E-state index in [1.54, 1.807) is 6.92 Å². The van der Waals surface area contributed by atoms with Crippen molar-refractivity contribution in [1.82, 2.24) is 0 Å². The number of aliphatic hydroxyl groups excluding tert-OH is 1. The largest absolute Gasteiger partial charge is 0.433 e. The summed E-state index contributed by atoms with van der Waals surface area (Å²) in [7, 11) is 0. The fraction of sp³-hybridized carbons (Fsp3) is 0.500. The first-order valence-corrected chi connectivity index (χ1v) is 2.91. The topological polar surface area (TPSA) is 87.0 Å². The van der Waals surface area contributed by atoms with Crippen LogP contribution in [0.2, 0.25) is 0 Å². The van der Waals surface area contributed by atoms with Crippen LogP contribution in [-0.4, -0.2) is 27.9 Å². The standard InChI is InChI=1S/C6H10O3.H2O2/c1-3-5(7)9-6(8)4-2;1-2/h3,6,8H,1,4H2,2H3;1-2H. The van der Waals surface area contributed by atoms with Crippen molar-refractivity contribution >= 4 is 5.97 Å². The molecule has 66 valence electrons. The van der Waals surface area contributed by atoms with Gasteiger partial charge < -0.3 is 9.84 Å². The zero-order valence-electron chi connectivity index (χ0n) is 6.23. The van der Waals surface area contributed by atoms with Crippen molar-refractivity contribution in [3.8, 4) is 0 Å². The molecule has 0 radical (unpaired) electrons. The molecule has 3 N–H and O–H groups in total. The third-order valence-electron chi connectivity index (χ3n) is 0.768. The second-order valence-corrected chi connectivity index (χ2v) is 1.50. The maximum atomic E-state index is 10.3. The second kappa shape index (κ2) is 9.09. The first kappa shape index (κ1) is 12.7. The van der Waals surface area contributed by atoms with E-state index in [9.17, 15) is 4.79 Å². The van der Waals surface area contributed by atoms with Gasteiger partial charge in [-0.2, -0.15) is 0 Å². The average molecular weight is 164 g/mol. The normalized spacial score (nSPS) is 10.5. The monoisotopic (exact) mass is 164 g/mol. The minimum atomic E-state index is -0.990. The molecule has 0 heterocycles. The minimum Gasteiger partial charge on any atom is -0.433 e. The highest BCUT2D eigenvalue weighted by molar-refractivity contribution is 5.81. The predicted molar refractivity (Wildman–Crippen MR) is 37.8 cm³/mol. The molecule has 0 rings (SSSR count). The van der Waals surface area contributed by atoms with Crippen LogP contribution in [0.3, 0.4) is 0 Å². The van der Waals surface area contributed by atoms with Crippen molar-refractivity contribution < 1.29 is 25.2 Å². The molecule has 11 heavy (non-hydrogen) atoms. The van der Waals surface area contributed by atoms with Gasteiger partial charge in [-0.3, -0.25) is 10.5 Å². The number of hydrogen-bond acceptors (Lipinski definition) is 5. The number of carbonyl (C=O) groups excluding carboxylic acids is 1. The lowest BCUT2D eigenvalue weighted by molar-refractivity contribution is -0.176. The average Bonchev–Trinajstić information content (AvgIpc) is 2.07. The van der Waals surface area contributed by atoms with Crippen molar-refractivity contribution in [2.75, 3.05) is 0 Å². The highest BCUT2D eigenvalue weighted by atomic mass is 17.0. The van der Waals surface area contributed by atoms with Gasteiger partial charge in [-0.25, -0.2) is 4.79 Å². The Bertz CT molecular complexity index is 112. The van der Waals surface area contributed by atoms with Crippen molar-refractivity contribution in [3.05, 3.63) is 12.7 Å². The number of rotatable bonds is 3. The van der Waals surface area contributed by atoms with E-state index in [-0.39, 0.29) is 0 Å². The van der Waals surface area contributed by atoms with Gasteiger partial charge in [-0.05, 0) is 0 Å². The molecule has 0 fully saturated rings. The molecule has 0 aromatic heterocycles.